The first kappa shape index (κ1) is 13.1. The second-order valence-electron chi connectivity index (χ2n) is 2.88. The van der Waals surface area contributed by atoms with Crippen molar-refractivity contribution in [3.8, 4) is 0 Å². The third-order valence-corrected chi connectivity index (χ3v) is 3.19. The van der Waals surface area contributed by atoms with Gasteiger partial charge in [-0.3, -0.25) is 4.79 Å². The molecule has 5 N–H and O–H groups in total. The molecule has 88 valence electrons. The Kier molecular flexibility index (Phi) is 5.41. The van der Waals surface area contributed by atoms with Crippen molar-refractivity contribution in [2.24, 2.45) is 5.84 Å². The Labute approximate surface area is 102 Å². The van der Waals surface area contributed by atoms with Crippen molar-refractivity contribution in [2.45, 2.75) is 11.3 Å². The number of carbonyl (C=O) groups is 1. The van der Waals surface area contributed by atoms with Crippen LogP contribution in [-0.2, 0) is 9.63 Å². The molecule has 0 saturated heterocycles. The summed E-state index contributed by atoms with van der Waals surface area (Å²) in [7, 11) is 0. The molecule has 0 aliphatic carbocycles. The zero-order valence-corrected chi connectivity index (χ0v) is 9.98. The summed E-state index contributed by atoms with van der Waals surface area (Å²) in [5.74, 6) is 4.94. The number of hydrogen-bond acceptors (Lipinski definition) is 6. The Morgan fingerprint density at radius 2 is 2.31 bits per heavy atom. The average Bonchev–Trinajstić information content (AvgIpc) is 2.23. The van der Waals surface area contributed by atoms with Gasteiger partial charge in [0.2, 0.25) is 0 Å². The zero-order valence-electron chi connectivity index (χ0n) is 8.40. The van der Waals surface area contributed by atoms with Crippen molar-refractivity contribution < 1.29 is 9.63 Å². The molecular weight excluding hydrogens is 250 g/mol. The number of nitrogens with two attached hydrogens (primary N) is 2. The van der Waals surface area contributed by atoms with Gasteiger partial charge < -0.3 is 10.6 Å². The number of hydrogen-bond donors (Lipinski definition) is 3. The highest BCUT2D eigenvalue weighted by molar-refractivity contribution is 7.99. The lowest BCUT2D eigenvalue weighted by atomic mass is 10.3. The highest BCUT2D eigenvalue weighted by atomic mass is 35.5. The lowest BCUT2D eigenvalue weighted by Gasteiger charge is -2.05. The largest absolute Gasteiger partial charge is 0.399 e. The van der Waals surface area contributed by atoms with Gasteiger partial charge in [-0.25, -0.2) is 5.84 Å². The molecule has 0 amide bonds. The Hall–Kier alpha value is -0.950. The summed E-state index contributed by atoms with van der Waals surface area (Å²) in [6, 6.07) is 5.21. The van der Waals surface area contributed by atoms with Gasteiger partial charge in [-0.1, -0.05) is 17.2 Å². The van der Waals surface area contributed by atoms with E-state index in [1.54, 1.807) is 18.2 Å². The number of carbonyl (C=O) groups excluding carboxylic acids is 1. The summed E-state index contributed by atoms with van der Waals surface area (Å²) in [5.41, 5.74) is 8.09. The lowest BCUT2D eigenvalue weighted by Crippen LogP contribution is -2.26. The van der Waals surface area contributed by atoms with Gasteiger partial charge in [0.25, 0.3) is 0 Å². The van der Waals surface area contributed by atoms with E-state index in [0.717, 1.165) is 4.90 Å². The molecule has 0 atom stereocenters. The number of halogens is 1. The maximum absolute atomic E-state index is 10.9. The second kappa shape index (κ2) is 6.59. The van der Waals surface area contributed by atoms with Gasteiger partial charge in [0.1, 0.15) is 0 Å². The van der Waals surface area contributed by atoms with Crippen LogP contribution in [0.4, 0.5) is 5.69 Å². The fourth-order valence-corrected chi connectivity index (χ4v) is 2.19. The minimum absolute atomic E-state index is 0.236. The standard InChI is InChI=1S/C9H12ClN3O2S/c10-7-2-1-6(11)5-8(7)16-4-3-9(14)15-13-12/h1-2,5,13H,3-4,11-12H2. The van der Waals surface area contributed by atoms with E-state index in [4.69, 9.17) is 23.2 Å². The third kappa shape index (κ3) is 4.28. The van der Waals surface area contributed by atoms with Gasteiger partial charge in [-0.05, 0) is 18.2 Å². The smallest absolute Gasteiger partial charge is 0.327 e. The number of thioether (sulfide) groups is 1. The van der Waals surface area contributed by atoms with Crippen LogP contribution in [0.1, 0.15) is 6.42 Å². The van der Waals surface area contributed by atoms with Crippen LogP contribution < -0.4 is 17.2 Å². The molecule has 16 heavy (non-hydrogen) atoms. The van der Waals surface area contributed by atoms with Gasteiger partial charge in [0, 0.05) is 16.3 Å². The minimum atomic E-state index is -0.421. The quantitative estimate of drug-likeness (QED) is 0.321. The van der Waals surface area contributed by atoms with Crippen LogP contribution >= 0.6 is 23.4 Å². The number of hydrazine groups is 1. The minimum Gasteiger partial charge on any atom is -0.399 e. The van der Waals surface area contributed by atoms with E-state index in [1.807, 2.05) is 5.59 Å². The predicted octanol–water partition coefficient (Wildman–Crippen LogP) is 1.33. The number of rotatable bonds is 5. The normalized spacial score (nSPS) is 10.1. The molecule has 0 saturated carbocycles. The highest BCUT2D eigenvalue weighted by Crippen LogP contribution is 2.29. The van der Waals surface area contributed by atoms with Gasteiger partial charge >= 0.3 is 5.97 Å². The SMILES string of the molecule is NNOC(=O)CCSc1cc(N)ccc1Cl. The number of nitrogens with one attached hydrogen (secondary N) is 1. The molecule has 1 rings (SSSR count). The van der Waals surface area contributed by atoms with E-state index >= 15 is 0 Å². The summed E-state index contributed by atoms with van der Waals surface area (Å²) in [6.07, 6.45) is 0.236. The number of nitrogen functional groups attached to an aromatic ring is 1. The van der Waals surface area contributed by atoms with Crippen LogP contribution in [0.15, 0.2) is 23.1 Å². The maximum atomic E-state index is 10.9. The zero-order chi connectivity index (χ0) is 12.0. The first-order valence-corrected chi connectivity index (χ1v) is 5.83. The molecule has 0 aliphatic heterocycles. The van der Waals surface area contributed by atoms with Crippen LogP contribution in [0.3, 0.4) is 0 Å². The molecule has 0 aromatic heterocycles. The predicted molar refractivity (Wildman–Crippen MR) is 64.6 cm³/mol. The van der Waals surface area contributed by atoms with E-state index in [9.17, 15) is 4.79 Å². The summed E-state index contributed by atoms with van der Waals surface area (Å²) >= 11 is 7.38. The molecule has 0 fully saturated rings. The van der Waals surface area contributed by atoms with E-state index in [1.165, 1.54) is 11.8 Å². The summed E-state index contributed by atoms with van der Waals surface area (Å²) in [4.78, 5) is 16.1. The number of benzene rings is 1. The van der Waals surface area contributed by atoms with Crippen molar-refractivity contribution in [2.75, 3.05) is 11.5 Å². The molecule has 7 heteroatoms. The molecule has 1 aromatic rings. The van der Waals surface area contributed by atoms with Crippen LogP contribution in [-0.4, -0.2) is 11.7 Å². The van der Waals surface area contributed by atoms with Crippen LogP contribution in [0.2, 0.25) is 5.02 Å². The summed E-state index contributed by atoms with van der Waals surface area (Å²) in [6.45, 7) is 0. The van der Waals surface area contributed by atoms with Gasteiger partial charge in [0.15, 0.2) is 0 Å². The fourth-order valence-electron chi connectivity index (χ4n) is 0.992. The van der Waals surface area contributed by atoms with E-state index in [2.05, 4.69) is 4.84 Å². The average molecular weight is 262 g/mol. The van der Waals surface area contributed by atoms with E-state index in [0.29, 0.717) is 16.5 Å². The van der Waals surface area contributed by atoms with Gasteiger partial charge in [-0.2, -0.15) is 0 Å². The Morgan fingerprint density at radius 3 is 3.00 bits per heavy atom. The van der Waals surface area contributed by atoms with Crippen LogP contribution in [0.25, 0.3) is 0 Å². The molecule has 1 aromatic carbocycles. The van der Waals surface area contributed by atoms with E-state index in [-0.39, 0.29) is 6.42 Å². The second-order valence-corrected chi connectivity index (χ2v) is 4.42. The highest BCUT2D eigenvalue weighted by Gasteiger charge is 2.05. The van der Waals surface area contributed by atoms with E-state index < -0.39 is 5.97 Å². The molecule has 0 bridgehead atoms. The molecule has 0 aliphatic rings. The summed E-state index contributed by atoms with van der Waals surface area (Å²) in [5, 5.41) is 0.615. The lowest BCUT2D eigenvalue weighted by molar-refractivity contribution is -0.150. The molecule has 0 radical (unpaired) electrons. The Balaban J connectivity index is 2.42. The first-order valence-electron chi connectivity index (χ1n) is 4.46. The van der Waals surface area contributed by atoms with Gasteiger partial charge in [0.05, 0.1) is 11.4 Å². The van der Waals surface area contributed by atoms with Crippen LogP contribution in [0.5, 0.6) is 0 Å². The van der Waals surface area contributed by atoms with Crippen molar-refractivity contribution in [3.05, 3.63) is 23.2 Å². The molecular formula is C9H12ClN3O2S. The molecule has 0 heterocycles. The van der Waals surface area contributed by atoms with Crippen molar-refractivity contribution >= 4 is 35.0 Å². The number of anilines is 1. The molecule has 0 spiro atoms. The fraction of sp³-hybridized carbons (Fsp3) is 0.222. The third-order valence-electron chi connectivity index (χ3n) is 1.69. The Bertz CT molecular complexity index is 376. The summed E-state index contributed by atoms with van der Waals surface area (Å²) < 4.78 is 0. The van der Waals surface area contributed by atoms with Crippen molar-refractivity contribution in [1.29, 1.82) is 0 Å². The topological polar surface area (TPSA) is 90.4 Å². The molecule has 5 nitrogen and oxygen atoms in total. The monoisotopic (exact) mass is 261 g/mol. The molecule has 0 unspecified atom stereocenters. The van der Waals surface area contributed by atoms with Crippen LogP contribution in [0, 0.1) is 0 Å². The Morgan fingerprint density at radius 1 is 1.56 bits per heavy atom. The van der Waals surface area contributed by atoms with Crippen molar-refractivity contribution in [1.82, 2.24) is 5.59 Å². The van der Waals surface area contributed by atoms with Crippen molar-refractivity contribution in [3.63, 3.8) is 0 Å². The van der Waals surface area contributed by atoms with Gasteiger partial charge in [-0.15, -0.1) is 11.8 Å². The maximum Gasteiger partial charge on any atom is 0.327 e. The first-order chi connectivity index (χ1) is 7.63.